The maximum Gasteiger partial charge on any atom is 0.472 e. The maximum atomic E-state index is 12.8. The second-order valence-electron chi connectivity index (χ2n) is 21.3. The molecule has 0 aliphatic heterocycles. The number of hydrogen-bond donors (Lipinski definition) is 1. The predicted octanol–water partition coefficient (Wildman–Crippen LogP) is 19.7. The first-order valence-electron chi connectivity index (χ1n) is 30.9. The van der Waals surface area contributed by atoms with E-state index < -0.39 is 32.5 Å². The molecule has 10 heteroatoms. The van der Waals surface area contributed by atoms with E-state index in [0.29, 0.717) is 23.9 Å². The molecule has 2 atom stereocenters. The quantitative estimate of drug-likeness (QED) is 0.0211. The second kappa shape index (κ2) is 57.8. The Morgan fingerprint density at radius 3 is 1.05 bits per heavy atom. The molecule has 0 aromatic carbocycles. The van der Waals surface area contributed by atoms with Crippen LogP contribution in [0.25, 0.3) is 0 Å². The molecule has 1 N–H and O–H groups in total. The van der Waals surface area contributed by atoms with Crippen molar-refractivity contribution in [2.24, 2.45) is 0 Å². The highest BCUT2D eigenvalue weighted by Crippen LogP contribution is 2.43. The maximum absolute atomic E-state index is 12.8. The number of carbonyl (C=O) groups excluding carboxylic acids is 2. The summed E-state index contributed by atoms with van der Waals surface area (Å²) < 4.78 is 34.5. The molecule has 0 fully saturated rings. The van der Waals surface area contributed by atoms with Gasteiger partial charge in [-0.15, -0.1) is 0 Å². The molecule has 0 aliphatic rings. The average Bonchev–Trinajstić information content (AvgIpc) is 3.41. The number of allylic oxidation sites excluding steroid dienone is 22. The largest absolute Gasteiger partial charge is 0.472 e. The lowest BCUT2D eigenvalue weighted by Gasteiger charge is -2.24. The molecular formula is C68H115NO8P+. The summed E-state index contributed by atoms with van der Waals surface area (Å²) in [5.74, 6) is -0.850. The molecule has 0 rings (SSSR count). The van der Waals surface area contributed by atoms with E-state index in [2.05, 4.69) is 148 Å². The van der Waals surface area contributed by atoms with Gasteiger partial charge in [0.05, 0.1) is 27.7 Å². The van der Waals surface area contributed by atoms with Crippen molar-refractivity contribution in [3.05, 3.63) is 134 Å². The number of phosphoric acid groups is 1. The van der Waals surface area contributed by atoms with Crippen LogP contribution in [0.15, 0.2) is 134 Å². The highest BCUT2D eigenvalue weighted by molar-refractivity contribution is 7.47. The van der Waals surface area contributed by atoms with Crippen LogP contribution in [0.3, 0.4) is 0 Å². The summed E-state index contributed by atoms with van der Waals surface area (Å²) >= 11 is 0. The monoisotopic (exact) mass is 1100 g/mol. The molecule has 0 spiro atoms. The Kier molecular flexibility index (Phi) is 55.0. The van der Waals surface area contributed by atoms with Gasteiger partial charge in [-0.25, -0.2) is 4.57 Å². The summed E-state index contributed by atoms with van der Waals surface area (Å²) in [5, 5.41) is 0. The summed E-state index contributed by atoms with van der Waals surface area (Å²) in [4.78, 5) is 35.6. The standard InChI is InChI=1S/C68H114NO8P/c1-6-8-10-12-14-16-18-20-22-23-24-25-26-27-28-29-30-31-32-33-34-35-36-37-38-39-40-41-42-43-44-45-47-49-51-53-55-57-59-61-68(71)77-66(65-76-78(72,73)75-63-62-69(3,4)5)64-74-67(70)60-58-56-54-52-50-48-46-21-19-17-15-13-11-9-7-2/h8-11,14-17,20-22,24-25,27-28,30-31,33-34,46,50,52,66H,6-7,12-13,18-19,23,26,29,32,35-45,47-49,51,53-65H2,1-5H3/p+1/b10-8-,11-9-,16-14-,17-15-,22-20-,25-24-,28-27-,31-30-,34-33-,46-21-,52-50-. The Hall–Kier alpha value is -3.85. The zero-order chi connectivity index (χ0) is 57.0. The normalized spacial score (nSPS) is 14.2. The van der Waals surface area contributed by atoms with E-state index in [4.69, 9.17) is 18.5 Å². The highest BCUT2D eigenvalue weighted by Gasteiger charge is 2.27. The van der Waals surface area contributed by atoms with E-state index in [1.165, 1.54) is 89.9 Å². The van der Waals surface area contributed by atoms with E-state index in [-0.39, 0.29) is 26.1 Å². The first-order chi connectivity index (χ1) is 38.0. The van der Waals surface area contributed by atoms with Gasteiger partial charge >= 0.3 is 19.8 Å². The van der Waals surface area contributed by atoms with Crippen molar-refractivity contribution < 1.29 is 42.1 Å². The minimum absolute atomic E-state index is 0.0198. The smallest absolute Gasteiger partial charge is 0.462 e. The molecule has 444 valence electrons. The average molecular weight is 1110 g/mol. The number of ether oxygens (including phenoxy) is 2. The van der Waals surface area contributed by atoms with Crippen molar-refractivity contribution in [3.8, 4) is 0 Å². The lowest BCUT2D eigenvalue weighted by atomic mass is 10.0. The highest BCUT2D eigenvalue weighted by atomic mass is 31.2. The molecule has 0 aliphatic carbocycles. The lowest BCUT2D eigenvalue weighted by molar-refractivity contribution is -0.870. The van der Waals surface area contributed by atoms with Crippen molar-refractivity contribution >= 4 is 19.8 Å². The Labute approximate surface area is 479 Å². The third kappa shape index (κ3) is 61.4. The number of quaternary nitrogens is 1. The van der Waals surface area contributed by atoms with E-state index >= 15 is 0 Å². The van der Waals surface area contributed by atoms with Gasteiger partial charge in [0.2, 0.25) is 0 Å². The third-order valence-electron chi connectivity index (χ3n) is 12.7. The van der Waals surface area contributed by atoms with Gasteiger partial charge in [0.1, 0.15) is 19.8 Å². The first kappa shape index (κ1) is 74.2. The fourth-order valence-corrected chi connectivity index (χ4v) is 8.73. The Morgan fingerprint density at radius 2 is 0.692 bits per heavy atom. The number of rotatable bonds is 55. The molecule has 0 saturated heterocycles. The van der Waals surface area contributed by atoms with Gasteiger partial charge < -0.3 is 18.9 Å². The van der Waals surface area contributed by atoms with Gasteiger partial charge in [-0.05, 0) is 109 Å². The lowest BCUT2D eigenvalue weighted by Crippen LogP contribution is -2.37. The number of hydrogen-bond acceptors (Lipinski definition) is 7. The fourth-order valence-electron chi connectivity index (χ4n) is 7.99. The molecule has 0 saturated carbocycles. The van der Waals surface area contributed by atoms with Crippen LogP contribution in [0, 0.1) is 0 Å². The predicted molar refractivity (Wildman–Crippen MR) is 334 cm³/mol. The summed E-state index contributed by atoms with van der Waals surface area (Å²) in [6.07, 6.45) is 84.1. The molecule has 0 amide bonds. The molecule has 0 heterocycles. The van der Waals surface area contributed by atoms with Crippen LogP contribution >= 0.6 is 7.82 Å². The first-order valence-corrected chi connectivity index (χ1v) is 32.4. The molecule has 78 heavy (non-hydrogen) atoms. The summed E-state index contributed by atoms with van der Waals surface area (Å²) in [7, 11) is 1.44. The van der Waals surface area contributed by atoms with Crippen molar-refractivity contribution in [1.29, 1.82) is 0 Å². The van der Waals surface area contributed by atoms with Gasteiger partial charge in [0.25, 0.3) is 0 Å². The Morgan fingerprint density at radius 1 is 0.397 bits per heavy atom. The van der Waals surface area contributed by atoms with Crippen LogP contribution in [0.5, 0.6) is 0 Å². The molecular weight excluding hydrogens is 990 g/mol. The summed E-state index contributed by atoms with van der Waals surface area (Å²) in [6, 6.07) is 0. The van der Waals surface area contributed by atoms with Gasteiger partial charge in [0, 0.05) is 12.8 Å². The van der Waals surface area contributed by atoms with Crippen LogP contribution in [-0.4, -0.2) is 74.9 Å². The zero-order valence-electron chi connectivity index (χ0n) is 50.3. The van der Waals surface area contributed by atoms with Gasteiger partial charge in [-0.3, -0.25) is 18.6 Å². The van der Waals surface area contributed by atoms with Crippen LogP contribution in [0.4, 0.5) is 0 Å². The van der Waals surface area contributed by atoms with Crippen LogP contribution in [0.2, 0.25) is 0 Å². The Balaban J connectivity index is 4.03. The molecule has 0 radical (unpaired) electrons. The van der Waals surface area contributed by atoms with Gasteiger partial charge in [0.15, 0.2) is 6.10 Å². The zero-order valence-corrected chi connectivity index (χ0v) is 51.2. The summed E-state index contributed by atoms with van der Waals surface area (Å²) in [5.41, 5.74) is 0. The number of nitrogens with zero attached hydrogens (tertiary/aromatic N) is 1. The van der Waals surface area contributed by atoms with Crippen molar-refractivity contribution in [1.82, 2.24) is 0 Å². The van der Waals surface area contributed by atoms with Gasteiger partial charge in [-0.2, -0.15) is 0 Å². The molecule has 0 aromatic rings. The number of esters is 2. The minimum Gasteiger partial charge on any atom is -0.462 e. The van der Waals surface area contributed by atoms with Crippen LogP contribution in [0.1, 0.15) is 232 Å². The number of likely N-dealkylation sites (N-methyl/N-ethyl adjacent to an activating group) is 1. The van der Waals surface area contributed by atoms with Gasteiger partial charge in [-0.1, -0.05) is 244 Å². The molecule has 9 nitrogen and oxygen atoms in total. The SMILES string of the molecule is CC/C=C\C/C=C\C/C=C\C/C=C\C/C=C\C/C=C\C/C=C\CCCCCCCCCCCCCCCCCCCC(=O)OC(COC(=O)CCCC/C=C\C/C=C\C/C=C\C/C=C\CC)COP(=O)(O)OCC[N+](C)(C)C. The van der Waals surface area contributed by atoms with Crippen LogP contribution in [-0.2, 0) is 32.7 Å². The van der Waals surface area contributed by atoms with E-state index in [1.807, 2.05) is 21.1 Å². The number of phosphoric ester groups is 1. The topological polar surface area (TPSA) is 108 Å². The molecule has 0 bridgehead atoms. The number of unbranched alkanes of at least 4 members (excludes halogenated alkanes) is 19. The molecule has 2 unspecified atom stereocenters. The number of carbonyl (C=O) groups is 2. The van der Waals surface area contributed by atoms with E-state index in [9.17, 15) is 19.0 Å². The van der Waals surface area contributed by atoms with Crippen molar-refractivity contribution in [2.45, 2.75) is 238 Å². The van der Waals surface area contributed by atoms with E-state index in [0.717, 1.165) is 103 Å². The van der Waals surface area contributed by atoms with E-state index in [1.54, 1.807) is 0 Å². The molecule has 0 aromatic heterocycles. The third-order valence-corrected chi connectivity index (χ3v) is 13.7. The van der Waals surface area contributed by atoms with Crippen LogP contribution < -0.4 is 0 Å². The Bertz CT molecular complexity index is 1780. The van der Waals surface area contributed by atoms with Crippen molar-refractivity contribution in [2.75, 3.05) is 47.5 Å². The fraction of sp³-hybridized carbons (Fsp3) is 0.647. The minimum atomic E-state index is -4.40. The second-order valence-corrected chi connectivity index (χ2v) is 22.8. The summed E-state index contributed by atoms with van der Waals surface area (Å²) in [6.45, 7) is 4.14. The van der Waals surface area contributed by atoms with Crippen molar-refractivity contribution in [3.63, 3.8) is 0 Å².